The van der Waals surface area contributed by atoms with Crippen LogP contribution in [0.5, 0.6) is 0 Å². The van der Waals surface area contributed by atoms with Crippen molar-refractivity contribution in [2.24, 2.45) is 0 Å². The van der Waals surface area contributed by atoms with E-state index in [0.29, 0.717) is 5.82 Å². The van der Waals surface area contributed by atoms with E-state index in [4.69, 9.17) is 11.6 Å². The Bertz CT molecular complexity index is 376. The van der Waals surface area contributed by atoms with Crippen molar-refractivity contribution in [2.75, 3.05) is 0 Å². The van der Waals surface area contributed by atoms with Crippen molar-refractivity contribution in [1.82, 2.24) is 9.97 Å². The molecule has 1 rings (SSSR count). The van der Waals surface area contributed by atoms with Crippen molar-refractivity contribution in [3.63, 3.8) is 0 Å². The highest BCUT2D eigenvalue weighted by molar-refractivity contribution is 6.20. The fourth-order valence-electron chi connectivity index (χ4n) is 1.05. The first kappa shape index (κ1) is 11.2. The Morgan fingerprint density at radius 1 is 1.50 bits per heavy atom. The fourth-order valence-corrected chi connectivity index (χ4v) is 1.15. The van der Waals surface area contributed by atoms with Crippen LogP contribution in [-0.2, 0) is 5.41 Å². The van der Waals surface area contributed by atoms with Gasteiger partial charge in [0.05, 0.1) is 11.1 Å². The van der Waals surface area contributed by atoms with Crippen molar-refractivity contribution < 1.29 is 0 Å². The Labute approximate surface area is 88.5 Å². The first-order valence-corrected chi connectivity index (χ1v) is 5.00. The van der Waals surface area contributed by atoms with E-state index in [0.717, 1.165) is 5.69 Å². The van der Waals surface area contributed by atoms with Gasteiger partial charge >= 0.3 is 0 Å². The fraction of sp³-hybridized carbons (Fsp3) is 0.600. The van der Waals surface area contributed by atoms with E-state index in [1.807, 2.05) is 20.8 Å². The molecule has 0 spiro atoms. The maximum atomic E-state index is 11.3. The number of alkyl halides is 1. The molecule has 1 heterocycles. The van der Waals surface area contributed by atoms with Gasteiger partial charge in [-0.2, -0.15) is 0 Å². The molecule has 1 aromatic heterocycles. The SMILES string of the molecule is CC(Cl)c1nc(C(C)(C)C)cc(=O)[nH]1. The molecule has 0 saturated carbocycles. The van der Waals surface area contributed by atoms with E-state index in [9.17, 15) is 4.79 Å². The van der Waals surface area contributed by atoms with Crippen molar-refractivity contribution in [3.05, 3.63) is 27.9 Å². The van der Waals surface area contributed by atoms with Crippen LogP contribution in [0.1, 0.15) is 44.6 Å². The second-order valence-corrected chi connectivity index (χ2v) is 5.04. The largest absolute Gasteiger partial charge is 0.309 e. The molecule has 1 unspecified atom stereocenters. The standard InChI is InChI=1S/C10H15ClN2O/c1-6(11)9-12-7(10(2,3)4)5-8(14)13-9/h5-6H,1-4H3,(H,12,13,14). The maximum Gasteiger partial charge on any atom is 0.251 e. The quantitative estimate of drug-likeness (QED) is 0.730. The van der Waals surface area contributed by atoms with Gasteiger partial charge in [0.15, 0.2) is 0 Å². The molecule has 0 saturated heterocycles. The predicted molar refractivity (Wildman–Crippen MR) is 57.8 cm³/mol. The molecule has 78 valence electrons. The van der Waals surface area contributed by atoms with Crippen LogP contribution in [0.3, 0.4) is 0 Å². The summed E-state index contributed by atoms with van der Waals surface area (Å²) in [4.78, 5) is 18.2. The number of aromatic nitrogens is 2. The van der Waals surface area contributed by atoms with Gasteiger partial charge in [-0.15, -0.1) is 11.6 Å². The number of aromatic amines is 1. The molecule has 0 bridgehead atoms. The first-order valence-electron chi connectivity index (χ1n) is 4.56. The lowest BCUT2D eigenvalue weighted by Gasteiger charge is -2.18. The summed E-state index contributed by atoms with van der Waals surface area (Å²) < 4.78 is 0. The number of hydrogen-bond acceptors (Lipinski definition) is 2. The minimum absolute atomic E-state index is 0.130. The van der Waals surface area contributed by atoms with E-state index in [1.165, 1.54) is 6.07 Å². The van der Waals surface area contributed by atoms with Gasteiger partial charge in [-0.1, -0.05) is 20.8 Å². The molecule has 0 amide bonds. The van der Waals surface area contributed by atoms with Crippen LogP contribution in [-0.4, -0.2) is 9.97 Å². The van der Waals surface area contributed by atoms with Gasteiger partial charge < -0.3 is 4.98 Å². The summed E-state index contributed by atoms with van der Waals surface area (Å²) >= 11 is 5.86. The minimum atomic E-state index is -0.273. The Balaban J connectivity index is 3.28. The van der Waals surface area contributed by atoms with E-state index >= 15 is 0 Å². The van der Waals surface area contributed by atoms with E-state index in [1.54, 1.807) is 6.92 Å². The molecule has 0 radical (unpaired) electrons. The summed E-state index contributed by atoms with van der Waals surface area (Å²) in [6.45, 7) is 7.82. The van der Waals surface area contributed by atoms with Crippen LogP contribution in [0.4, 0.5) is 0 Å². The zero-order valence-electron chi connectivity index (χ0n) is 8.89. The molecule has 0 aliphatic carbocycles. The number of hydrogen-bond donors (Lipinski definition) is 1. The first-order chi connectivity index (χ1) is 6.30. The lowest BCUT2D eigenvalue weighted by Crippen LogP contribution is -2.21. The number of halogens is 1. The smallest absolute Gasteiger partial charge is 0.251 e. The maximum absolute atomic E-state index is 11.3. The zero-order chi connectivity index (χ0) is 10.9. The summed E-state index contributed by atoms with van der Waals surface area (Å²) in [5.74, 6) is 0.532. The minimum Gasteiger partial charge on any atom is -0.309 e. The summed E-state index contributed by atoms with van der Waals surface area (Å²) in [6.07, 6.45) is 0. The van der Waals surface area contributed by atoms with Crippen LogP contribution < -0.4 is 5.56 Å². The van der Waals surface area contributed by atoms with Crippen LogP contribution in [0.25, 0.3) is 0 Å². The normalized spacial score (nSPS) is 14.1. The van der Waals surface area contributed by atoms with Gasteiger partial charge in [0, 0.05) is 11.5 Å². The van der Waals surface area contributed by atoms with Crippen molar-refractivity contribution in [3.8, 4) is 0 Å². The van der Waals surface area contributed by atoms with Gasteiger partial charge in [-0.3, -0.25) is 4.79 Å². The van der Waals surface area contributed by atoms with E-state index in [-0.39, 0.29) is 16.4 Å². The lowest BCUT2D eigenvalue weighted by molar-refractivity contribution is 0.560. The van der Waals surface area contributed by atoms with Gasteiger partial charge in [0.2, 0.25) is 0 Å². The van der Waals surface area contributed by atoms with Gasteiger partial charge in [0.25, 0.3) is 5.56 Å². The molecule has 0 fully saturated rings. The third-order valence-corrected chi connectivity index (χ3v) is 2.11. The van der Waals surface area contributed by atoms with Crippen molar-refractivity contribution in [2.45, 2.75) is 38.5 Å². The Morgan fingerprint density at radius 3 is 2.50 bits per heavy atom. The highest BCUT2D eigenvalue weighted by Crippen LogP contribution is 2.21. The van der Waals surface area contributed by atoms with Gasteiger partial charge in [0.1, 0.15) is 5.82 Å². The summed E-state index contributed by atoms with van der Waals surface area (Å²) in [5.41, 5.74) is 0.491. The highest BCUT2D eigenvalue weighted by atomic mass is 35.5. The average molecular weight is 215 g/mol. The molecule has 4 heteroatoms. The van der Waals surface area contributed by atoms with Crippen LogP contribution >= 0.6 is 11.6 Å². The molecule has 1 N–H and O–H groups in total. The highest BCUT2D eigenvalue weighted by Gasteiger charge is 2.18. The number of nitrogens with one attached hydrogen (secondary N) is 1. The molecule has 0 aliphatic rings. The van der Waals surface area contributed by atoms with Crippen LogP contribution in [0, 0.1) is 0 Å². The predicted octanol–water partition coefficient (Wildman–Crippen LogP) is 2.37. The zero-order valence-corrected chi connectivity index (χ0v) is 9.64. The Kier molecular flexibility index (Phi) is 3.00. The van der Waals surface area contributed by atoms with E-state index in [2.05, 4.69) is 9.97 Å². The average Bonchev–Trinajstić information content (AvgIpc) is 2.01. The summed E-state index contributed by atoms with van der Waals surface area (Å²) in [5, 5.41) is -0.273. The summed E-state index contributed by atoms with van der Waals surface area (Å²) in [7, 11) is 0. The number of rotatable bonds is 1. The molecular weight excluding hydrogens is 200 g/mol. The second-order valence-electron chi connectivity index (χ2n) is 4.38. The molecule has 0 aliphatic heterocycles. The van der Waals surface area contributed by atoms with Crippen LogP contribution in [0.2, 0.25) is 0 Å². The van der Waals surface area contributed by atoms with Crippen molar-refractivity contribution in [1.29, 1.82) is 0 Å². The topological polar surface area (TPSA) is 45.8 Å². The second kappa shape index (κ2) is 3.73. The molecule has 14 heavy (non-hydrogen) atoms. The Hall–Kier alpha value is -0.830. The summed E-state index contributed by atoms with van der Waals surface area (Å²) in [6, 6.07) is 1.52. The molecular formula is C10H15ClN2O. The number of nitrogens with zero attached hydrogens (tertiary/aromatic N) is 1. The third-order valence-electron chi connectivity index (χ3n) is 1.91. The molecule has 1 aromatic rings. The molecule has 3 nitrogen and oxygen atoms in total. The van der Waals surface area contributed by atoms with E-state index < -0.39 is 0 Å². The van der Waals surface area contributed by atoms with Gasteiger partial charge in [-0.05, 0) is 6.92 Å². The number of H-pyrrole nitrogens is 1. The van der Waals surface area contributed by atoms with Gasteiger partial charge in [-0.25, -0.2) is 4.98 Å². The third kappa shape index (κ3) is 2.58. The lowest BCUT2D eigenvalue weighted by atomic mass is 9.92. The van der Waals surface area contributed by atoms with Crippen molar-refractivity contribution >= 4 is 11.6 Å². The Morgan fingerprint density at radius 2 is 2.07 bits per heavy atom. The molecule has 1 atom stereocenters. The molecule has 0 aromatic carbocycles. The van der Waals surface area contributed by atoms with Crippen LogP contribution in [0.15, 0.2) is 10.9 Å². The monoisotopic (exact) mass is 214 g/mol.